The molecule has 3 nitrogen and oxygen atoms in total. The van der Waals surface area contributed by atoms with E-state index >= 15 is 0 Å². The molecule has 0 fully saturated rings. The molecular formula is C17H26Cl2N2O. The molecule has 0 aliphatic heterocycles. The molecule has 0 spiro atoms. The molecule has 0 radical (unpaired) electrons. The van der Waals surface area contributed by atoms with Crippen LogP contribution in [-0.4, -0.2) is 42.9 Å². The Morgan fingerprint density at radius 1 is 1.18 bits per heavy atom. The number of benzene rings is 1. The maximum Gasteiger partial charge on any atom is 0.225 e. The highest BCUT2D eigenvalue weighted by atomic mass is 35.5. The summed E-state index contributed by atoms with van der Waals surface area (Å²) in [5, 5.41) is 1.07. The lowest BCUT2D eigenvalue weighted by atomic mass is 10.1. The third kappa shape index (κ3) is 6.15. The van der Waals surface area contributed by atoms with E-state index in [9.17, 15) is 4.79 Å². The second kappa shape index (κ2) is 9.39. The number of rotatable bonds is 8. The Hall–Kier alpha value is -0.770. The van der Waals surface area contributed by atoms with Gasteiger partial charge in [0.25, 0.3) is 0 Å². The van der Waals surface area contributed by atoms with Crippen molar-refractivity contribution in [2.24, 2.45) is 5.92 Å². The average molecular weight is 345 g/mol. The summed E-state index contributed by atoms with van der Waals surface area (Å²) in [5.74, 6) is 0.245. The van der Waals surface area contributed by atoms with Crippen LogP contribution >= 0.6 is 23.2 Å². The molecule has 0 saturated heterocycles. The normalized spacial score (nSPS) is 12.5. The molecule has 0 aliphatic rings. The quantitative estimate of drug-likeness (QED) is 0.701. The van der Waals surface area contributed by atoms with E-state index in [1.165, 1.54) is 0 Å². The van der Waals surface area contributed by atoms with E-state index in [0.717, 1.165) is 31.5 Å². The molecule has 1 aromatic rings. The predicted octanol–water partition coefficient (Wildman–Crippen LogP) is 4.32. The Balaban J connectivity index is 2.79. The molecule has 0 saturated carbocycles. The van der Waals surface area contributed by atoms with Crippen LogP contribution in [-0.2, 0) is 11.3 Å². The summed E-state index contributed by atoms with van der Waals surface area (Å²) in [6.45, 7) is 6.32. The predicted molar refractivity (Wildman–Crippen MR) is 94.5 cm³/mol. The van der Waals surface area contributed by atoms with Crippen LogP contribution in [0.3, 0.4) is 0 Å². The second-order valence-electron chi connectivity index (χ2n) is 5.97. The van der Waals surface area contributed by atoms with Gasteiger partial charge in [0.15, 0.2) is 0 Å². The first kappa shape index (κ1) is 19.3. The molecule has 1 atom stereocenters. The van der Waals surface area contributed by atoms with Crippen molar-refractivity contribution < 1.29 is 4.79 Å². The van der Waals surface area contributed by atoms with Gasteiger partial charge in [-0.25, -0.2) is 0 Å². The molecule has 5 heteroatoms. The number of nitrogens with zero attached hydrogens (tertiary/aromatic N) is 2. The fourth-order valence-corrected chi connectivity index (χ4v) is 2.51. The Morgan fingerprint density at radius 3 is 2.41 bits per heavy atom. The van der Waals surface area contributed by atoms with Gasteiger partial charge in [0.05, 0.1) is 10.0 Å². The molecule has 0 aromatic heterocycles. The lowest BCUT2D eigenvalue weighted by Gasteiger charge is -2.26. The van der Waals surface area contributed by atoms with Crippen molar-refractivity contribution in [1.29, 1.82) is 0 Å². The molecule has 124 valence electrons. The molecule has 0 bridgehead atoms. The molecule has 1 unspecified atom stereocenters. The lowest BCUT2D eigenvalue weighted by Crippen LogP contribution is -2.36. The van der Waals surface area contributed by atoms with Crippen molar-refractivity contribution in [1.82, 2.24) is 9.80 Å². The van der Waals surface area contributed by atoms with E-state index in [2.05, 4.69) is 4.90 Å². The zero-order valence-electron chi connectivity index (χ0n) is 13.9. The largest absolute Gasteiger partial charge is 0.338 e. The van der Waals surface area contributed by atoms with Gasteiger partial charge in [0.1, 0.15) is 0 Å². The van der Waals surface area contributed by atoms with Gasteiger partial charge in [0, 0.05) is 19.0 Å². The molecule has 1 amide bonds. The number of hydrogen-bond donors (Lipinski definition) is 0. The molecule has 0 heterocycles. The topological polar surface area (TPSA) is 23.6 Å². The van der Waals surface area contributed by atoms with E-state index < -0.39 is 0 Å². The van der Waals surface area contributed by atoms with Gasteiger partial charge in [-0.3, -0.25) is 4.79 Å². The van der Waals surface area contributed by atoms with Crippen molar-refractivity contribution in [2.45, 2.75) is 33.2 Å². The van der Waals surface area contributed by atoms with E-state index in [-0.39, 0.29) is 11.8 Å². The molecule has 22 heavy (non-hydrogen) atoms. The van der Waals surface area contributed by atoms with Crippen molar-refractivity contribution >= 4 is 29.1 Å². The minimum absolute atomic E-state index is 0.0436. The third-order valence-corrected chi connectivity index (χ3v) is 4.48. The van der Waals surface area contributed by atoms with Crippen molar-refractivity contribution in [3.63, 3.8) is 0 Å². The summed E-state index contributed by atoms with van der Waals surface area (Å²) < 4.78 is 0. The molecule has 0 N–H and O–H groups in total. The van der Waals surface area contributed by atoms with Crippen molar-refractivity contribution in [3.05, 3.63) is 33.8 Å². The molecule has 0 aliphatic carbocycles. The van der Waals surface area contributed by atoms with Crippen LogP contribution in [0.4, 0.5) is 0 Å². The van der Waals surface area contributed by atoms with Crippen LogP contribution in [0.15, 0.2) is 18.2 Å². The van der Waals surface area contributed by atoms with Crippen LogP contribution < -0.4 is 0 Å². The van der Waals surface area contributed by atoms with Gasteiger partial charge >= 0.3 is 0 Å². The van der Waals surface area contributed by atoms with Gasteiger partial charge in [-0.2, -0.15) is 0 Å². The second-order valence-corrected chi connectivity index (χ2v) is 6.79. The Bertz CT molecular complexity index is 492. The summed E-state index contributed by atoms with van der Waals surface area (Å²) in [6, 6.07) is 5.55. The first-order valence-electron chi connectivity index (χ1n) is 7.72. The van der Waals surface area contributed by atoms with Gasteiger partial charge in [-0.05, 0) is 51.2 Å². The molecule has 1 aromatic carbocycles. The van der Waals surface area contributed by atoms with E-state index in [1.54, 1.807) is 6.07 Å². The monoisotopic (exact) mass is 344 g/mol. The summed E-state index contributed by atoms with van der Waals surface area (Å²) in [5.41, 5.74) is 1.01. The first-order valence-corrected chi connectivity index (χ1v) is 8.48. The van der Waals surface area contributed by atoms with Crippen molar-refractivity contribution in [2.75, 3.05) is 27.2 Å². The summed E-state index contributed by atoms with van der Waals surface area (Å²) in [7, 11) is 4.08. The molecular weight excluding hydrogens is 319 g/mol. The smallest absolute Gasteiger partial charge is 0.225 e. The first-order chi connectivity index (χ1) is 10.3. The Kier molecular flexibility index (Phi) is 8.23. The molecule has 1 rings (SSSR count). The summed E-state index contributed by atoms with van der Waals surface area (Å²) >= 11 is 12.0. The van der Waals surface area contributed by atoms with E-state index in [1.807, 2.05) is 45.0 Å². The maximum atomic E-state index is 12.6. The highest BCUT2D eigenvalue weighted by Crippen LogP contribution is 2.23. The SMILES string of the molecule is CCC(C)C(=O)N(CCCN(C)C)Cc1ccc(Cl)c(Cl)c1. The van der Waals surface area contributed by atoms with Gasteiger partial charge in [-0.1, -0.05) is 43.1 Å². The summed E-state index contributed by atoms with van der Waals surface area (Å²) in [4.78, 5) is 16.6. The van der Waals surface area contributed by atoms with Crippen molar-refractivity contribution in [3.8, 4) is 0 Å². The average Bonchev–Trinajstić information content (AvgIpc) is 2.48. The van der Waals surface area contributed by atoms with Crippen LogP contribution in [0.25, 0.3) is 0 Å². The zero-order valence-corrected chi connectivity index (χ0v) is 15.4. The van der Waals surface area contributed by atoms with Crippen LogP contribution in [0.1, 0.15) is 32.3 Å². The number of halogens is 2. The Morgan fingerprint density at radius 2 is 1.86 bits per heavy atom. The van der Waals surface area contributed by atoms with Gasteiger partial charge in [-0.15, -0.1) is 0 Å². The zero-order chi connectivity index (χ0) is 16.7. The van der Waals surface area contributed by atoms with E-state index in [0.29, 0.717) is 16.6 Å². The number of carbonyl (C=O) groups excluding carboxylic acids is 1. The van der Waals surface area contributed by atoms with Crippen LogP contribution in [0.5, 0.6) is 0 Å². The van der Waals surface area contributed by atoms with E-state index in [4.69, 9.17) is 23.2 Å². The number of carbonyl (C=O) groups is 1. The fraction of sp³-hybridized carbons (Fsp3) is 0.588. The summed E-state index contributed by atoms with van der Waals surface area (Å²) in [6.07, 6.45) is 1.81. The lowest BCUT2D eigenvalue weighted by molar-refractivity contribution is -0.135. The Labute approximate surface area is 144 Å². The fourth-order valence-electron chi connectivity index (χ4n) is 2.19. The van der Waals surface area contributed by atoms with Crippen LogP contribution in [0, 0.1) is 5.92 Å². The minimum atomic E-state index is 0.0436. The van der Waals surface area contributed by atoms with Gasteiger partial charge in [0.2, 0.25) is 5.91 Å². The highest BCUT2D eigenvalue weighted by molar-refractivity contribution is 6.42. The number of amides is 1. The van der Waals surface area contributed by atoms with Crippen LogP contribution in [0.2, 0.25) is 10.0 Å². The number of hydrogen-bond acceptors (Lipinski definition) is 2. The minimum Gasteiger partial charge on any atom is -0.338 e. The maximum absolute atomic E-state index is 12.6. The van der Waals surface area contributed by atoms with Gasteiger partial charge < -0.3 is 9.80 Å². The third-order valence-electron chi connectivity index (χ3n) is 3.74. The highest BCUT2D eigenvalue weighted by Gasteiger charge is 2.19. The standard InChI is InChI=1S/C17H26Cl2N2O/c1-5-13(2)17(22)21(10-6-9-20(3)4)12-14-7-8-15(18)16(19)11-14/h7-8,11,13H,5-6,9-10,12H2,1-4H3.